The van der Waals surface area contributed by atoms with Gasteiger partial charge < -0.3 is 10.2 Å². The molecule has 1 amide bonds. The minimum absolute atomic E-state index is 0. The van der Waals surface area contributed by atoms with Gasteiger partial charge in [0.05, 0.1) is 5.69 Å². The second-order valence-electron chi connectivity index (χ2n) is 7.33. The molecule has 4 rings (SSSR count). The zero-order valence-electron chi connectivity index (χ0n) is 16.6. The second-order valence-corrected chi connectivity index (χ2v) is 7.33. The van der Waals surface area contributed by atoms with Crippen molar-refractivity contribution in [2.75, 3.05) is 20.1 Å². The molecule has 2 aromatic heterocycles. The van der Waals surface area contributed by atoms with Gasteiger partial charge in [0.25, 0.3) is 0 Å². The van der Waals surface area contributed by atoms with Gasteiger partial charge in [-0.3, -0.25) is 9.48 Å². The van der Waals surface area contributed by atoms with Crippen molar-refractivity contribution in [2.45, 2.75) is 31.8 Å². The predicted octanol–water partition coefficient (Wildman–Crippen LogP) is 2.62. The standard InChI is InChI=1S/C21H26N6O.ClH/c1-25(15-17-5-2-7-19(13-17)26-12-4-10-23-26)21(28)16-27-20(8-11-24-27)18-6-3-9-22-14-18;/h2,4-5,7-8,10-13,18,22H,3,6,9,14-16H2,1H3;1H. The fraction of sp³-hybridized carbons (Fsp3) is 0.381. The summed E-state index contributed by atoms with van der Waals surface area (Å²) in [5.41, 5.74) is 3.21. The third-order valence-electron chi connectivity index (χ3n) is 5.27. The van der Waals surface area contributed by atoms with Crippen LogP contribution in [0, 0.1) is 0 Å². The SMILES string of the molecule is CN(Cc1cccc(-n2cccn2)c1)C(=O)Cn1nccc1C1CCCNC1.Cl. The van der Waals surface area contributed by atoms with E-state index in [-0.39, 0.29) is 24.9 Å². The minimum atomic E-state index is 0. The highest BCUT2D eigenvalue weighted by atomic mass is 35.5. The maximum atomic E-state index is 12.8. The maximum absolute atomic E-state index is 12.8. The third kappa shape index (κ3) is 5.05. The van der Waals surface area contributed by atoms with Crippen molar-refractivity contribution in [3.8, 4) is 5.69 Å². The Hall–Kier alpha value is -2.64. The Morgan fingerprint density at radius 3 is 2.90 bits per heavy atom. The van der Waals surface area contributed by atoms with E-state index in [1.54, 1.807) is 17.3 Å². The zero-order chi connectivity index (χ0) is 19.3. The van der Waals surface area contributed by atoms with Gasteiger partial charge in [-0.2, -0.15) is 10.2 Å². The monoisotopic (exact) mass is 414 g/mol. The minimum Gasteiger partial charge on any atom is -0.340 e. The number of rotatable bonds is 6. The van der Waals surface area contributed by atoms with Crippen LogP contribution in [0.3, 0.4) is 0 Å². The molecule has 1 fully saturated rings. The van der Waals surface area contributed by atoms with Gasteiger partial charge in [0.2, 0.25) is 5.91 Å². The second kappa shape index (κ2) is 9.71. The van der Waals surface area contributed by atoms with Gasteiger partial charge in [0.1, 0.15) is 6.54 Å². The normalized spacial score (nSPS) is 16.2. The molecular weight excluding hydrogens is 388 g/mol. The van der Waals surface area contributed by atoms with E-state index in [0.717, 1.165) is 42.9 Å². The summed E-state index contributed by atoms with van der Waals surface area (Å²) in [5, 5.41) is 12.1. The Bertz CT molecular complexity index is 917. The molecule has 7 nitrogen and oxygen atoms in total. The fourth-order valence-corrected chi connectivity index (χ4v) is 3.76. The molecule has 3 aromatic rings. The van der Waals surface area contributed by atoms with E-state index in [4.69, 9.17) is 0 Å². The van der Waals surface area contributed by atoms with Gasteiger partial charge in [0.15, 0.2) is 0 Å². The topological polar surface area (TPSA) is 68.0 Å². The number of hydrogen-bond donors (Lipinski definition) is 1. The lowest BCUT2D eigenvalue weighted by Crippen LogP contribution is -2.33. The smallest absolute Gasteiger partial charge is 0.244 e. The molecule has 1 aliphatic heterocycles. The summed E-state index contributed by atoms with van der Waals surface area (Å²) in [6, 6.07) is 12.0. The molecule has 1 N–H and O–H groups in total. The summed E-state index contributed by atoms with van der Waals surface area (Å²) in [5.74, 6) is 0.485. The van der Waals surface area contributed by atoms with E-state index in [9.17, 15) is 4.79 Å². The number of aromatic nitrogens is 4. The summed E-state index contributed by atoms with van der Waals surface area (Å²) < 4.78 is 3.68. The van der Waals surface area contributed by atoms with Crippen molar-refractivity contribution >= 4 is 18.3 Å². The number of carbonyl (C=O) groups is 1. The maximum Gasteiger partial charge on any atom is 0.244 e. The van der Waals surface area contributed by atoms with Crippen molar-refractivity contribution in [3.05, 3.63) is 66.2 Å². The number of likely N-dealkylation sites (N-methyl/N-ethyl adjacent to an activating group) is 1. The Morgan fingerprint density at radius 1 is 1.24 bits per heavy atom. The van der Waals surface area contributed by atoms with Crippen molar-refractivity contribution in [1.82, 2.24) is 29.8 Å². The van der Waals surface area contributed by atoms with Gasteiger partial charge in [-0.25, -0.2) is 4.68 Å². The summed E-state index contributed by atoms with van der Waals surface area (Å²) in [6.45, 7) is 2.85. The van der Waals surface area contributed by atoms with Gasteiger partial charge in [-0.05, 0) is 49.2 Å². The molecule has 1 atom stereocenters. The lowest BCUT2D eigenvalue weighted by atomic mass is 9.96. The van der Waals surface area contributed by atoms with Crippen LogP contribution in [0.25, 0.3) is 5.69 Å². The van der Waals surface area contributed by atoms with E-state index in [2.05, 4.69) is 21.6 Å². The fourth-order valence-electron chi connectivity index (χ4n) is 3.76. The average molecular weight is 415 g/mol. The number of amides is 1. The van der Waals surface area contributed by atoms with Gasteiger partial charge in [-0.1, -0.05) is 12.1 Å². The number of benzene rings is 1. The van der Waals surface area contributed by atoms with Gasteiger partial charge in [0, 0.05) is 50.3 Å². The highest BCUT2D eigenvalue weighted by Gasteiger charge is 2.21. The molecule has 0 radical (unpaired) electrons. The first kappa shape index (κ1) is 21.1. The highest BCUT2D eigenvalue weighted by molar-refractivity contribution is 5.85. The first-order valence-corrected chi connectivity index (χ1v) is 9.76. The molecule has 1 aromatic carbocycles. The number of piperidine rings is 1. The van der Waals surface area contributed by atoms with Crippen LogP contribution in [-0.2, 0) is 17.9 Å². The van der Waals surface area contributed by atoms with Crippen LogP contribution in [-0.4, -0.2) is 50.5 Å². The molecule has 0 saturated carbocycles. The Balaban J connectivity index is 0.00000240. The van der Waals surface area contributed by atoms with E-state index < -0.39 is 0 Å². The largest absolute Gasteiger partial charge is 0.340 e. The summed E-state index contributed by atoms with van der Waals surface area (Å²) in [7, 11) is 1.84. The van der Waals surface area contributed by atoms with Crippen molar-refractivity contribution in [1.29, 1.82) is 0 Å². The van der Waals surface area contributed by atoms with Crippen LogP contribution in [0.4, 0.5) is 0 Å². The van der Waals surface area contributed by atoms with Crippen molar-refractivity contribution < 1.29 is 4.79 Å². The van der Waals surface area contributed by atoms with Crippen molar-refractivity contribution in [2.24, 2.45) is 0 Å². The first-order valence-electron chi connectivity index (χ1n) is 9.76. The van der Waals surface area contributed by atoms with E-state index in [1.165, 1.54) is 0 Å². The molecule has 1 aliphatic rings. The molecule has 0 aliphatic carbocycles. The molecule has 154 valence electrons. The molecule has 0 bridgehead atoms. The Labute approximate surface area is 177 Å². The summed E-state index contributed by atoms with van der Waals surface area (Å²) in [6.07, 6.45) is 7.77. The van der Waals surface area contributed by atoms with Gasteiger partial charge >= 0.3 is 0 Å². The lowest BCUT2D eigenvalue weighted by molar-refractivity contribution is -0.131. The van der Waals surface area contributed by atoms with E-state index in [1.807, 2.05) is 52.9 Å². The Morgan fingerprint density at radius 2 is 2.14 bits per heavy atom. The number of nitrogens with one attached hydrogen (secondary N) is 1. The summed E-state index contributed by atoms with van der Waals surface area (Å²) in [4.78, 5) is 14.6. The average Bonchev–Trinajstić information content (AvgIpc) is 3.41. The van der Waals surface area contributed by atoms with Crippen molar-refractivity contribution in [3.63, 3.8) is 0 Å². The van der Waals surface area contributed by atoms with E-state index >= 15 is 0 Å². The first-order chi connectivity index (χ1) is 13.7. The van der Waals surface area contributed by atoms with Crippen LogP contribution in [0.15, 0.2) is 55.0 Å². The molecular formula is C21H27ClN6O. The number of nitrogens with zero attached hydrogens (tertiary/aromatic N) is 5. The quantitative estimate of drug-likeness (QED) is 0.673. The van der Waals surface area contributed by atoms with Crippen LogP contribution < -0.4 is 5.32 Å². The van der Waals surface area contributed by atoms with Crippen LogP contribution in [0.2, 0.25) is 0 Å². The van der Waals surface area contributed by atoms with E-state index in [0.29, 0.717) is 12.5 Å². The zero-order valence-corrected chi connectivity index (χ0v) is 17.4. The molecule has 1 unspecified atom stereocenters. The van der Waals surface area contributed by atoms with Gasteiger partial charge in [-0.15, -0.1) is 12.4 Å². The molecule has 3 heterocycles. The molecule has 29 heavy (non-hydrogen) atoms. The number of hydrogen-bond acceptors (Lipinski definition) is 4. The number of halogens is 1. The Kier molecular flexibility index (Phi) is 7.06. The molecule has 1 saturated heterocycles. The van der Waals surface area contributed by atoms with Crippen LogP contribution in [0.1, 0.15) is 30.0 Å². The lowest BCUT2D eigenvalue weighted by Gasteiger charge is -2.24. The number of carbonyl (C=O) groups excluding carboxylic acids is 1. The highest BCUT2D eigenvalue weighted by Crippen LogP contribution is 2.23. The molecule has 8 heteroatoms. The third-order valence-corrected chi connectivity index (χ3v) is 5.27. The predicted molar refractivity (Wildman–Crippen MR) is 114 cm³/mol. The van der Waals surface area contributed by atoms with Crippen LogP contribution in [0.5, 0.6) is 0 Å². The van der Waals surface area contributed by atoms with Crippen LogP contribution >= 0.6 is 12.4 Å². The summed E-state index contributed by atoms with van der Waals surface area (Å²) >= 11 is 0. The molecule has 0 spiro atoms.